The third kappa shape index (κ3) is 9.25. The highest BCUT2D eigenvalue weighted by Crippen LogP contribution is 2.33. The summed E-state index contributed by atoms with van der Waals surface area (Å²) < 4.78 is 5.13. The lowest BCUT2D eigenvalue weighted by Gasteiger charge is -2.12. The number of unbranched alkanes of at least 4 members (excludes halogenated alkanes) is 2. The predicted octanol–water partition coefficient (Wildman–Crippen LogP) is 6.23. The predicted molar refractivity (Wildman–Crippen MR) is 119 cm³/mol. The molecule has 0 radical (unpaired) electrons. The molecule has 1 aliphatic carbocycles. The van der Waals surface area contributed by atoms with E-state index in [9.17, 15) is 9.59 Å². The summed E-state index contributed by atoms with van der Waals surface area (Å²) in [6, 6.07) is 10.6. The SMILES string of the molecule is CC(C)OC(=O)CCC/C=C\C[C@H]1C(=O)CC[C@@H]1/C=C/CCCc1ccccc1. The Morgan fingerprint density at radius 2 is 1.86 bits per heavy atom. The highest BCUT2D eigenvalue weighted by Gasteiger charge is 2.31. The van der Waals surface area contributed by atoms with Crippen LogP contribution in [0.25, 0.3) is 0 Å². The number of ether oxygens (including phenoxy) is 1. The van der Waals surface area contributed by atoms with Gasteiger partial charge in [0.1, 0.15) is 5.78 Å². The number of hydrogen-bond acceptors (Lipinski definition) is 3. The van der Waals surface area contributed by atoms with Crippen LogP contribution in [0.2, 0.25) is 0 Å². The Hall–Kier alpha value is -2.16. The molecule has 158 valence electrons. The van der Waals surface area contributed by atoms with Crippen LogP contribution in [-0.4, -0.2) is 17.9 Å². The quantitative estimate of drug-likeness (QED) is 0.239. The van der Waals surface area contributed by atoms with Crippen molar-refractivity contribution in [2.75, 3.05) is 0 Å². The van der Waals surface area contributed by atoms with Gasteiger partial charge >= 0.3 is 5.97 Å². The fourth-order valence-corrected chi connectivity index (χ4v) is 3.86. The second-order valence-corrected chi connectivity index (χ2v) is 8.22. The van der Waals surface area contributed by atoms with E-state index in [1.54, 1.807) is 0 Å². The maximum Gasteiger partial charge on any atom is 0.306 e. The maximum absolute atomic E-state index is 12.2. The van der Waals surface area contributed by atoms with Crippen LogP contribution >= 0.6 is 0 Å². The summed E-state index contributed by atoms with van der Waals surface area (Å²) in [5, 5.41) is 0. The van der Waals surface area contributed by atoms with Gasteiger partial charge in [-0.2, -0.15) is 0 Å². The van der Waals surface area contributed by atoms with Crippen molar-refractivity contribution < 1.29 is 14.3 Å². The van der Waals surface area contributed by atoms with Crippen molar-refractivity contribution in [3.8, 4) is 0 Å². The van der Waals surface area contributed by atoms with Crippen molar-refractivity contribution in [2.24, 2.45) is 11.8 Å². The second kappa shape index (κ2) is 13.1. The Balaban J connectivity index is 1.65. The first-order valence-corrected chi connectivity index (χ1v) is 11.1. The fraction of sp³-hybridized carbons (Fsp3) is 0.538. The van der Waals surface area contributed by atoms with Gasteiger partial charge in [0.2, 0.25) is 0 Å². The van der Waals surface area contributed by atoms with Crippen molar-refractivity contribution in [1.82, 2.24) is 0 Å². The third-order valence-corrected chi connectivity index (χ3v) is 5.39. The van der Waals surface area contributed by atoms with E-state index in [0.29, 0.717) is 24.5 Å². The zero-order chi connectivity index (χ0) is 20.9. The van der Waals surface area contributed by atoms with Crippen LogP contribution in [0, 0.1) is 11.8 Å². The monoisotopic (exact) mass is 396 g/mol. The zero-order valence-electron chi connectivity index (χ0n) is 18.0. The lowest BCUT2D eigenvalue weighted by Crippen LogP contribution is -2.12. The van der Waals surface area contributed by atoms with E-state index in [4.69, 9.17) is 4.74 Å². The molecule has 0 bridgehead atoms. The van der Waals surface area contributed by atoms with Crippen molar-refractivity contribution >= 4 is 11.8 Å². The van der Waals surface area contributed by atoms with Crippen LogP contribution in [0.15, 0.2) is 54.6 Å². The van der Waals surface area contributed by atoms with Gasteiger partial charge in [-0.1, -0.05) is 54.6 Å². The Labute approximate surface area is 176 Å². The van der Waals surface area contributed by atoms with Crippen molar-refractivity contribution in [3.63, 3.8) is 0 Å². The summed E-state index contributed by atoms with van der Waals surface area (Å²) in [4.78, 5) is 23.8. The van der Waals surface area contributed by atoms with Gasteiger partial charge in [0.15, 0.2) is 0 Å². The molecule has 0 heterocycles. The van der Waals surface area contributed by atoms with Gasteiger partial charge in [-0.05, 0) is 70.3 Å². The van der Waals surface area contributed by atoms with Crippen LogP contribution in [-0.2, 0) is 20.7 Å². The number of allylic oxidation sites excluding steroid dienone is 4. The fourth-order valence-electron chi connectivity index (χ4n) is 3.86. The topological polar surface area (TPSA) is 43.4 Å². The van der Waals surface area contributed by atoms with E-state index in [2.05, 4.69) is 54.6 Å². The summed E-state index contributed by atoms with van der Waals surface area (Å²) in [6.45, 7) is 3.73. The average Bonchev–Trinajstić information content (AvgIpc) is 3.04. The highest BCUT2D eigenvalue weighted by molar-refractivity contribution is 5.83. The first kappa shape index (κ1) is 23.1. The first-order valence-electron chi connectivity index (χ1n) is 11.1. The molecule has 3 heteroatoms. The molecule has 0 aliphatic heterocycles. The highest BCUT2D eigenvalue weighted by atomic mass is 16.5. The number of ketones is 1. The zero-order valence-corrected chi connectivity index (χ0v) is 18.0. The van der Waals surface area contributed by atoms with E-state index >= 15 is 0 Å². The molecule has 0 aromatic heterocycles. The number of carbonyl (C=O) groups is 2. The van der Waals surface area contributed by atoms with Gasteiger partial charge in [-0.25, -0.2) is 0 Å². The van der Waals surface area contributed by atoms with E-state index < -0.39 is 0 Å². The number of esters is 1. The van der Waals surface area contributed by atoms with Crippen LogP contribution in [0.1, 0.15) is 70.8 Å². The Morgan fingerprint density at radius 3 is 2.62 bits per heavy atom. The Morgan fingerprint density at radius 1 is 1.10 bits per heavy atom. The van der Waals surface area contributed by atoms with Gasteiger partial charge in [0.05, 0.1) is 6.10 Å². The summed E-state index contributed by atoms with van der Waals surface area (Å²) in [6.07, 6.45) is 16.6. The van der Waals surface area contributed by atoms with E-state index in [1.165, 1.54) is 5.56 Å². The summed E-state index contributed by atoms with van der Waals surface area (Å²) in [5.41, 5.74) is 1.39. The van der Waals surface area contributed by atoms with Crippen LogP contribution < -0.4 is 0 Å². The minimum Gasteiger partial charge on any atom is -0.463 e. The van der Waals surface area contributed by atoms with Gasteiger partial charge in [-0.3, -0.25) is 9.59 Å². The molecule has 1 aromatic carbocycles. The molecule has 1 saturated carbocycles. The molecule has 2 atom stereocenters. The lowest BCUT2D eigenvalue weighted by atomic mass is 9.91. The molecule has 1 aromatic rings. The number of hydrogen-bond donors (Lipinski definition) is 0. The molecule has 1 aliphatic rings. The number of Topliss-reactive ketones (excluding diaryl/α,β-unsaturated/α-hetero) is 1. The molecule has 0 N–H and O–H groups in total. The van der Waals surface area contributed by atoms with E-state index in [-0.39, 0.29) is 18.0 Å². The number of benzene rings is 1. The molecule has 1 fully saturated rings. The second-order valence-electron chi connectivity index (χ2n) is 8.22. The molecule has 0 unspecified atom stereocenters. The summed E-state index contributed by atoms with van der Waals surface area (Å²) in [5.74, 6) is 0.776. The smallest absolute Gasteiger partial charge is 0.306 e. The van der Waals surface area contributed by atoms with E-state index in [1.807, 2.05) is 13.8 Å². The molecular weight excluding hydrogens is 360 g/mol. The van der Waals surface area contributed by atoms with Crippen LogP contribution in [0.5, 0.6) is 0 Å². The normalized spacial score (nSPS) is 19.6. The molecule has 3 nitrogen and oxygen atoms in total. The minimum absolute atomic E-state index is 0.0465. The third-order valence-electron chi connectivity index (χ3n) is 5.39. The Kier molecular flexibility index (Phi) is 10.5. The molecule has 29 heavy (non-hydrogen) atoms. The van der Waals surface area contributed by atoms with E-state index in [0.717, 1.165) is 44.9 Å². The molecule has 0 saturated heterocycles. The summed E-state index contributed by atoms with van der Waals surface area (Å²) in [7, 11) is 0. The Bertz CT molecular complexity index is 672. The van der Waals surface area contributed by atoms with Crippen molar-refractivity contribution in [2.45, 2.75) is 77.7 Å². The van der Waals surface area contributed by atoms with Gasteiger partial charge in [0.25, 0.3) is 0 Å². The average molecular weight is 397 g/mol. The maximum atomic E-state index is 12.2. The molecular formula is C26H36O3. The standard InChI is InChI=1S/C26H36O3/c1-21(2)29-26(28)18-12-4-3-11-17-24-23(19-20-25(24)27)16-10-6-9-15-22-13-7-5-8-14-22/h3,5,7-8,10-11,13-14,16,21,23-24H,4,6,9,12,15,17-20H2,1-2H3/b11-3-,16-10+/t23-,24+/m0/s1. The van der Waals surface area contributed by atoms with Gasteiger partial charge < -0.3 is 4.74 Å². The number of rotatable bonds is 12. The van der Waals surface area contributed by atoms with Crippen LogP contribution in [0.3, 0.4) is 0 Å². The van der Waals surface area contributed by atoms with Gasteiger partial charge in [0, 0.05) is 18.8 Å². The number of aryl methyl sites for hydroxylation is 1. The lowest BCUT2D eigenvalue weighted by molar-refractivity contribution is -0.147. The van der Waals surface area contributed by atoms with Crippen molar-refractivity contribution in [1.29, 1.82) is 0 Å². The largest absolute Gasteiger partial charge is 0.463 e. The minimum atomic E-state index is -0.128. The first-order chi connectivity index (χ1) is 14.1. The summed E-state index contributed by atoms with van der Waals surface area (Å²) >= 11 is 0. The number of carbonyl (C=O) groups excluding carboxylic acids is 2. The molecule has 0 spiro atoms. The van der Waals surface area contributed by atoms with Gasteiger partial charge in [-0.15, -0.1) is 0 Å². The molecule has 2 rings (SSSR count). The van der Waals surface area contributed by atoms with Crippen LogP contribution in [0.4, 0.5) is 0 Å². The van der Waals surface area contributed by atoms with Crippen molar-refractivity contribution in [3.05, 3.63) is 60.2 Å². The molecule has 0 amide bonds.